The Bertz CT molecular complexity index is 1220. The number of amides is 5. The molecule has 0 unspecified atom stereocenters. The second-order valence-corrected chi connectivity index (χ2v) is 12.1. The van der Waals surface area contributed by atoms with Gasteiger partial charge >= 0.3 is 17.9 Å². The van der Waals surface area contributed by atoms with Crippen molar-refractivity contribution in [1.29, 1.82) is 0 Å². The van der Waals surface area contributed by atoms with E-state index in [1.165, 1.54) is 18.7 Å². The van der Waals surface area contributed by atoms with Crippen molar-refractivity contribution in [2.75, 3.05) is 18.6 Å². The van der Waals surface area contributed by atoms with Crippen molar-refractivity contribution in [3.8, 4) is 0 Å². The highest BCUT2D eigenvalue weighted by Crippen LogP contribution is 2.10. The van der Waals surface area contributed by atoms with E-state index in [2.05, 4.69) is 31.6 Å². The molecule has 0 saturated carbocycles. The topological polar surface area (TPSA) is 348 Å². The third-order valence-electron chi connectivity index (χ3n) is 7.10. The summed E-state index contributed by atoms with van der Waals surface area (Å²) in [5.41, 5.74) is 16.4. The van der Waals surface area contributed by atoms with Crippen LogP contribution in [-0.2, 0) is 38.4 Å². The fraction of sp³-hybridized carbons (Fsp3) is 0.679. The smallest absolute Gasteiger partial charge is 0.326 e. The predicted octanol–water partition coefficient (Wildman–Crippen LogP) is -3.36. The minimum atomic E-state index is -1.69. The molecule has 20 nitrogen and oxygen atoms in total. The van der Waals surface area contributed by atoms with Crippen LogP contribution < -0.4 is 43.8 Å². The number of carboxylic acids is 3. The Hall–Kier alpha value is -4.66. The SMILES string of the molecule is CC[C@H](C)[C@H](NC(=O)[C@H](CC(=O)O)NC(=O)[C@@H](N)CCCN=C(N)N)C(=O)N[C@@H](C)C(=O)N[C@@H](CC(=O)O)C(=O)N[C@@H](CCSC)C(=O)O. The van der Waals surface area contributed by atoms with Crippen molar-refractivity contribution < 1.29 is 53.7 Å². The molecule has 0 saturated heterocycles. The fourth-order valence-electron chi connectivity index (χ4n) is 4.08. The zero-order chi connectivity index (χ0) is 37.8. The zero-order valence-electron chi connectivity index (χ0n) is 27.9. The first-order chi connectivity index (χ1) is 22.8. The maximum absolute atomic E-state index is 13.3. The van der Waals surface area contributed by atoms with Gasteiger partial charge in [0.1, 0.15) is 30.2 Å². The van der Waals surface area contributed by atoms with Gasteiger partial charge in [0.2, 0.25) is 29.5 Å². The molecular weight excluding hydrogens is 670 g/mol. The largest absolute Gasteiger partial charge is 0.481 e. The van der Waals surface area contributed by atoms with Crippen molar-refractivity contribution in [2.45, 2.75) is 95.5 Å². The van der Waals surface area contributed by atoms with Gasteiger partial charge in [0, 0.05) is 6.54 Å². The first-order valence-electron chi connectivity index (χ1n) is 15.3. The monoisotopic (exact) mass is 719 g/mol. The molecule has 278 valence electrons. The number of carbonyl (C=O) groups excluding carboxylic acids is 5. The van der Waals surface area contributed by atoms with Crippen LogP contribution in [0.25, 0.3) is 0 Å². The Morgan fingerprint density at radius 1 is 0.714 bits per heavy atom. The molecule has 0 fully saturated rings. The minimum absolute atomic E-state index is 0.0374. The van der Waals surface area contributed by atoms with Crippen molar-refractivity contribution >= 4 is 65.2 Å². The van der Waals surface area contributed by atoms with Crippen LogP contribution in [0.4, 0.5) is 0 Å². The van der Waals surface area contributed by atoms with Gasteiger partial charge in [-0.2, -0.15) is 11.8 Å². The van der Waals surface area contributed by atoms with E-state index in [9.17, 15) is 53.7 Å². The van der Waals surface area contributed by atoms with E-state index in [4.69, 9.17) is 17.2 Å². The summed E-state index contributed by atoms with van der Waals surface area (Å²) in [5.74, 6) is -9.40. The van der Waals surface area contributed by atoms with Gasteiger partial charge < -0.3 is 59.1 Å². The van der Waals surface area contributed by atoms with E-state index in [1.54, 1.807) is 20.1 Å². The van der Waals surface area contributed by atoms with E-state index in [0.717, 1.165) is 0 Å². The van der Waals surface area contributed by atoms with Crippen LogP contribution in [0.1, 0.15) is 59.3 Å². The van der Waals surface area contributed by atoms with Crippen LogP contribution in [-0.4, -0.2) is 124 Å². The number of carboxylic acid groups (broad SMARTS) is 3. The predicted molar refractivity (Wildman–Crippen MR) is 178 cm³/mol. The van der Waals surface area contributed by atoms with Gasteiger partial charge in [0.25, 0.3) is 0 Å². The lowest BCUT2D eigenvalue weighted by Gasteiger charge is -2.28. The van der Waals surface area contributed by atoms with E-state index in [1.807, 2.05) is 0 Å². The summed E-state index contributed by atoms with van der Waals surface area (Å²) in [5, 5.41) is 39.5. The summed E-state index contributed by atoms with van der Waals surface area (Å²) < 4.78 is 0. The van der Waals surface area contributed by atoms with Gasteiger partial charge in [0.05, 0.1) is 18.9 Å². The molecule has 0 spiro atoms. The molecule has 21 heteroatoms. The second-order valence-electron chi connectivity index (χ2n) is 11.2. The highest BCUT2D eigenvalue weighted by molar-refractivity contribution is 7.98. The lowest BCUT2D eigenvalue weighted by atomic mass is 9.97. The number of nitrogens with zero attached hydrogens (tertiary/aromatic N) is 1. The van der Waals surface area contributed by atoms with Crippen LogP contribution >= 0.6 is 11.8 Å². The molecule has 0 aliphatic heterocycles. The minimum Gasteiger partial charge on any atom is -0.481 e. The summed E-state index contributed by atoms with van der Waals surface area (Å²) >= 11 is 1.33. The number of rotatable bonds is 24. The quantitative estimate of drug-likeness (QED) is 0.0264. The van der Waals surface area contributed by atoms with Crippen LogP contribution in [0.15, 0.2) is 4.99 Å². The van der Waals surface area contributed by atoms with Gasteiger partial charge in [-0.1, -0.05) is 20.3 Å². The standard InChI is InChI=1S/C28H49N9O11S/c1-5-13(2)21(37-25(45)18(12-20(40)41)36-23(43)15(29)7-6-9-32-28(30)31)26(46)33-14(3)22(42)35-17(11-19(38)39)24(44)34-16(27(47)48)8-10-49-4/h13-18,21H,5-12,29H2,1-4H3,(H,33,46)(H,34,44)(H,35,42)(H,36,43)(H,37,45)(H,38,39)(H,40,41)(H,47,48)(H4,30,31,32)/t13-,14-,15-,16-,17-,18-,21-/m0/s1. The number of guanidine groups is 1. The highest BCUT2D eigenvalue weighted by atomic mass is 32.2. The third kappa shape index (κ3) is 17.9. The first-order valence-corrected chi connectivity index (χ1v) is 16.7. The number of carbonyl (C=O) groups is 8. The molecule has 49 heavy (non-hydrogen) atoms. The molecule has 0 heterocycles. The number of hydrogen-bond donors (Lipinski definition) is 11. The molecule has 0 aromatic rings. The van der Waals surface area contributed by atoms with Crippen molar-refractivity contribution in [1.82, 2.24) is 26.6 Å². The van der Waals surface area contributed by atoms with Crippen molar-refractivity contribution in [2.24, 2.45) is 28.1 Å². The molecular formula is C28H49N9O11S. The lowest BCUT2D eigenvalue weighted by Crippen LogP contribution is -2.60. The van der Waals surface area contributed by atoms with Gasteiger partial charge in [-0.3, -0.25) is 38.6 Å². The van der Waals surface area contributed by atoms with Crippen molar-refractivity contribution in [3.05, 3.63) is 0 Å². The lowest BCUT2D eigenvalue weighted by molar-refractivity contribution is -0.144. The number of aliphatic imine (C=N–C) groups is 1. The maximum Gasteiger partial charge on any atom is 0.326 e. The average molecular weight is 720 g/mol. The van der Waals surface area contributed by atoms with Crippen LogP contribution in [0, 0.1) is 5.92 Å². The summed E-state index contributed by atoms with van der Waals surface area (Å²) in [7, 11) is 0. The van der Waals surface area contributed by atoms with E-state index in [0.29, 0.717) is 18.6 Å². The number of nitrogens with two attached hydrogens (primary N) is 3. The molecule has 0 rings (SSSR count). The van der Waals surface area contributed by atoms with Crippen molar-refractivity contribution in [3.63, 3.8) is 0 Å². The number of hydrogen-bond acceptors (Lipinski definition) is 11. The molecule has 14 N–H and O–H groups in total. The van der Waals surface area contributed by atoms with Gasteiger partial charge in [-0.15, -0.1) is 0 Å². The van der Waals surface area contributed by atoms with E-state index >= 15 is 0 Å². The Kier molecular flexibility index (Phi) is 20.7. The van der Waals surface area contributed by atoms with Gasteiger partial charge in [-0.05, 0) is 44.1 Å². The molecule has 7 atom stereocenters. The van der Waals surface area contributed by atoms with Crippen LogP contribution in [0.5, 0.6) is 0 Å². The van der Waals surface area contributed by atoms with Gasteiger partial charge in [0.15, 0.2) is 5.96 Å². The second kappa shape index (κ2) is 22.8. The summed E-state index contributed by atoms with van der Waals surface area (Å²) in [6.07, 6.45) is 0.773. The number of aliphatic carboxylic acids is 3. The molecule has 0 bridgehead atoms. The molecule has 5 amide bonds. The van der Waals surface area contributed by atoms with E-state index in [-0.39, 0.29) is 25.3 Å². The maximum atomic E-state index is 13.3. The Morgan fingerprint density at radius 2 is 1.22 bits per heavy atom. The van der Waals surface area contributed by atoms with Crippen LogP contribution in [0.3, 0.4) is 0 Å². The summed E-state index contributed by atoms with van der Waals surface area (Å²) in [6, 6.07) is -8.52. The highest BCUT2D eigenvalue weighted by Gasteiger charge is 2.34. The number of nitrogens with one attached hydrogen (secondary N) is 5. The Labute approximate surface area is 287 Å². The fourth-order valence-corrected chi connectivity index (χ4v) is 4.56. The van der Waals surface area contributed by atoms with Gasteiger partial charge in [-0.25, -0.2) is 4.79 Å². The first kappa shape index (κ1) is 44.3. The van der Waals surface area contributed by atoms with E-state index < -0.39 is 102 Å². The molecule has 0 aromatic heterocycles. The zero-order valence-corrected chi connectivity index (χ0v) is 28.7. The normalized spacial score (nSPS) is 15.0. The molecule has 0 aromatic carbocycles. The Morgan fingerprint density at radius 3 is 1.69 bits per heavy atom. The van der Waals surface area contributed by atoms with Crippen LogP contribution in [0.2, 0.25) is 0 Å². The molecule has 0 aliphatic carbocycles. The molecule has 0 radical (unpaired) electrons. The third-order valence-corrected chi connectivity index (χ3v) is 7.74. The molecule has 0 aliphatic rings. The summed E-state index contributed by atoms with van der Waals surface area (Å²) in [4.78, 5) is 103. The average Bonchev–Trinajstić information content (AvgIpc) is 3.01. The summed E-state index contributed by atoms with van der Waals surface area (Å²) in [6.45, 7) is 4.69. The Balaban J connectivity index is 5.73. The number of thioether (sulfide) groups is 1.